The van der Waals surface area contributed by atoms with Gasteiger partial charge in [-0.25, -0.2) is 9.59 Å². The summed E-state index contributed by atoms with van der Waals surface area (Å²) in [5, 5.41) is 11.9. The molecular formula is C21H24N2O3. The molecule has 5 nitrogen and oxygen atoms in total. The van der Waals surface area contributed by atoms with E-state index in [0.29, 0.717) is 19.1 Å². The molecule has 0 spiro atoms. The molecule has 2 aromatic carbocycles. The van der Waals surface area contributed by atoms with Crippen LogP contribution >= 0.6 is 0 Å². The Hall–Kier alpha value is -2.82. The molecule has 0 aliphatic heterocycles. The molecule has 0 saturated heterocycles. The molecule has 0 bridgehead atoms. The summed E-state index contributed by atoms with van der Waals surface area (Å²) in [6, 6.07) is 13.1. The lowest BCUT2D eigenvalue weighted by Crippen LogP contribution is -2.40. The van der Waals surface area contributed by atoms with Gasteiger partial charge in [-0.1, -0.05) is 30.3 Å². The Morgan fingerprint density at radius 2 is 1.69 bits per heavy atom. The summed E-state index contributed by atoms with van der Waals surface area (Å²) in [7, 11) is 0. The Kier molecular flexibility index (Phi) is 5.26. The number of aromatic carboxylic acids is 1. The maximum atomic E-state index is 12.7. The summed E-state index contributed by atoms with van der Waals surface area (Å²) in [5.74, 6) is -0.950. The maximum Gasteiger partial charge on any atom is 0.335 e. The second-order valence-electron chi connectivity index (χ2n) is 6.94. The highest BCUT2D eigenvalue weighted by atomic mass is 16.4. The standard InChI is InChI=1S/C21H24N2O3/c1-14-3-4-17(11-15(14)2)13-23(19-9-10-19)21(26)22-12-16-5-7-18(8-6-16)20(24)25/h3-8,11,19H,9-10,12-13H2,1-2H3,(H,22,26)(H,24,25). The normalized spacial score (nSPS) is 13.3. The van der Waals surface area contributed by atoms with Crippen molar-refractivity contribution < 1.29 is 14.7 Å². The zero-order valence-electron chi connectivity index (χ0n) is 15.2. The minimum Gasteiger partial charge on any atom is -0.478 e. The number of carboxylic acid groups (broad SMARTS) is 1. The number of urea groups is 1. The molecule has 0 radical (unpaired) electrons. The van der Waals surface area contributed by atoms with Crippen LogP contribution in [-0.4, -0.2) is 28.0 Å². The van der Waals surface area contributed by atoms with Crippen LogP contribution < -0.4 is 5.32 Å². The Labute approximate surface area is 153 Å². The molecule has 1 fully saturated rings. The first-order valence-electron chi connectivity index (χ1n) is 8.87. The highest BCUT2D eigenvalue weighted by Gasteiger charge is 2.32. The van der Waals surface area contributed by atoms with Gasteiger partial charge in [-0.05, 0) is 61.1 Å². The second-order valence-corrected chi connectivity index (χ2v) is 6.94. The molecule has 26 heavy (non-hydrogen) atoms. The first-order valence-corrected chi connectivity index (χ1v) is 8.87. The highest BCUT2D eigenvalue weighted by molar-refractivity contribution is 5.87. The van der Waals surface area contributed by atoms with Crippen LogP contribution in [0.25, 0.3) is 0 Å². The van der Waals surface area contributed by atoms with Gasteiger partial charge in [0.1, 0.15) is 0 Å². The predicted octanol–water partition coefficient (Wildman–Crippen LogP) is 3.88. The minimum absolute atomic E-state index is 0.0759. The SMILES string of the molecule is Cc1ccc(CN(C(=O)NCc2ccc(C(=O)O)cc2)C2CC2)cc1C. The first-order chi connectivity index (χ1) is 12.4. The van der Waals surface area contributed by atoms with E-state index in [1.54, 1.807) is 24.3 Å². The van der Waals surface area contributed by atoms with Crippen molar-refractivity contribution in [3.05, 3.63) is 70.3 Å². The summed E-state index contributed by atoms with van der Waals surface area (Å²) in [6.45, 7) is 5.16. The molecule has 1 aliphatic rings. The number of rotatable bonds is 6. The fourth-order valence-corrected chi connectivity index (χ4v) is 2.90. The average Bonchev–Trinajstić information content (AvgIpc) is 3.46. The van der Waals surface area contributed by atoms with Crippen LogP contribution in [0.5, 0.6) is 0 Å². The number of nitrogens with one attached hydrogen (secondary N) is 1. The summed E-state index contributed by atoms with van der Waals surface area (Å²) in [6.07, 6.45) is 2.09. The van der Waals surface area contributed by atoms with Crippen LogP contribution in [0.1, 0.15) is 45.5 Å². The molecule has 0 unspecified atom stereocenters. The van der Waals surface area contributed by atoms with Crippen molar-refractivity contribution >= 4 is 12.0 Å². The Balaban J connectivity index is 1.61. The topological polar surface area (TPSA) is 69.6 Å². The molecule has 2 amide bonds. The van der Waals surface area contributed by atoms with E-state index in [1.807, 2.05) is 4.90 Å². The van der Waals surface area contributed by atoms with Gasteiger partial charge in [0.05, 0.1) is 5.56 Å². The molecule has 0 aromatic heterocycles. The van der Waals surface area contributed by atoms with Gasteiger partial charge in [0, 0.05) is 19.1 Å². The summed E-state index contributed by atoms with van der Waals surface area (Å²) in [4.78, 5) is 25.4. The van der Waals surface area contributed by atoms with E-state index in [4.69, 9.17) is 5.11 Å². The van der Waals surface area contributed by atoms with Gasteiger partial charge in [-0.3, -0.25) is 0 Å². The van der Waals surface area contributed by atoms with Gasteiger partial charge < -0.3 is 15.3 Å². The number of benzene rings is 2. The van der Waals surface area contributed by atoms with E-state index in [9.17, 15) is 9.59 Å². The lowest BCUT2D eigenvalue weighted by Gasteiger charge is -2.23. The highest BCUT2D eigenvalue weighted by Crippen LogP contribution is 2.28. The number of carboxylic acids is 1. The number of hydrogen-bond donors (Lipinski definition) is 2. The van der Waals surface area contributed by atoms with Crippen molar-refractivity contribution in [2.45, 2.75) is 45.8 Å². The van der Waals surface area contributed by atoms with Gasteiger partial charge in [0.25, 0.3) is 0 Å². The average molecular weight is 352 g/mol. The number of carbonyl (C=O) groups excluding carboxylic acids is 1. The number of nitrogens with zero attached hydrogens (tertiary/aromatic N) is 1. The van der Waals surface area contributed by atoms with Gasteiger partial charge in [-0.15, -0.1) is 0 Å². The zero-order valence-corrected chi connectivity index (χ0v) is 15.2. The molecule has 136 valence electrons. The van der Waals surface area contributed by atoms with Crippen molar-refractivity contribution in [1.29, 1.82) is 0 Å². The third-order valence-electron chi connectivity index (χ3n) is 4.82. The maximum absolute atomic E-state index is 12.7. The zero-order chi connectivity index (χ0) is 18.7. The quantitative estimate of drug-likeness (QED) is 0.829. The van der Waals surface area contributed by atoms with E-state index in [1.165, 1.54) is 11.1 Å². The molecule has 5 heteroatoms. The minimum atomic E-state index is -0.950. The Morgan fingerprint density at radius 1 is 1.04 bits per heavy atom. The van der Waals surface area contributed by atoms with Gasteiger partial charge in [-0.2, -0.15) is 0 Å². The van der Waals surface area contributed by atoms with Crippen molar-refractivity contribution in [3.8, 4) is 0 Å². The molecule has 2 aromatic rings. The van der Waals surface area contributed by atoms with E-state index >= 15 is 0 Å². The fraction of sp³-hybridized carbons (Fsp3) is 0.333. The molecule has 3 rings (SSSR count). The fourth-order valence-electron chi connectivity index (χ4n) is 2.90. The summed E-state index contributed by atoms with van der Waals surface area (Å²) >= 11 is 0. The molecule has 0 heterocycles. The number of amides is 2. The van der Waals surface area contributed by atoms with Crippen molar-refractivity contribution in [1.82, 2.24) is 10.2 Å². The van der Waals surface area contributed by atoms with E-state index < -0.39 is 5.97 Å². The smallest absolute Gasteiger partial charge is 0.335 e. The summed E-state index contributed by atoms with van der Waals surface area (Å²) < 4.78 is 0. The third-order valence-corrected chi connectivity index (χ3v) is 4.82. The predicted molar refractivity (Wildman–Crippen MR) is 100 cm³/mol. The number of aryl methyl sites for hydroxylation is 2. The van der Waals surface area contributed by atoms with Crippen LogP contribution in [0.2, 0.25) is 0 Å². The van der Waals surface area contributed by atoms with E-state index in [-0.39, 0.29) is 11.6 Å². The molecule has 1 saturated carbocycles. The first kappa shape index (κ1) is 18.0. The van der Waals surface area contributed by atoms with Gasteiger partial charge >= 0.3 is 12.0 Å². The lowest BCUT2D eigenvalue weighted by molar-refractivity contribution is 0.0697. The lowest BCUT2D eigenvalue weighted by atomic mass is 10.1. The molecule has 1 aliphatic carbocycles. The third kappa shape index (κ3) is 4.42. The molecular weight excluding hydrogens is 328 g/mol. The van der Waals surface area contributed by atoms with Crippen molar-refractivity contribution in [3.63, 3.8) is 0 Å². The molecule has 2 N–H and O–H groups in total. The molecule has 0 atom stereocenters. The van der Waals surface area contributed by atoms with Crippen molar-refractivity contribution in [2.75, 3.05) is 0 Å². The van der Waals surface area contributed by atoms with Gasteiger partial charge in [0.15, 0.2) is 0 Å². The summed E-state index contributed by atoms with van der Waals surface area (Å²) in [5.41, 5.74) is 4.75. The largest absolute Gasteiger partial charge is 0.478 e. The number of hydrogen-bond acceptors (Lipinski definition) is 2. The van der Waals surface area contributed by atoms with Crippen LogP contribution in [0.4, 0.5) is 4.79 Å². The van der Waals surface area contributed by atoms with Crippen LogP contribution in [-0.2, 0) is 13.1 Å². The monoisotopic (exact) mass is 352 g/mol. The van der Waals surface area contributed by atoms with Gasteiger partial charge in [0.2, 0.25) is 0 Å². The second kappa shape index (κ2) is 7.60. The number of carbonyl (C=O) groups is 2. The van der Waals surface area contributed by atoms with Crippen LogP contribution in [0.3, 0.4) is 0 Å². The Bertz CT molecular complexity index is 811. The van der Waals surface area contributed by atoms with Crippen LogP contribution in [0, 0.1) is 13.8 Å². The van der Waals surface area contributed by atoms with Crippen LogP contribution in [0.15, 0.2) is 42.5 Å². The Morgan fingerprint density at radius 3 is 2.27 bits per heavy atom. The van der Waals surface area contributed by atoms with E-state index in [0.717, 1.165) is 24.0 Å². The van der Waals surface area contributed by atoms with E-state index in [2.05, 4.69) is 37.4 Å². The van der Waals surface area contributed by atoms with Crippen molar-refractivity contribution in [2.24, 2.45) is 0 Å².